The molecule has 1 aliphatic heterocycles. The number of methoxy groups -OCH3 is 1. The maximum Gasteiger partial charge on any atom is 0.336 e. The lowest BCUT2D eigenvalue weighted by molar-refractivity contribution is -0.140. The molecular weight excluding hydrogens is 382 g/mol. The summed E-state index contributed by atoms with van der Waals surface area (Å²) in [5.74, 6) is -0.177. The molecule has 0 saturated carbocycles. The number of dihydropyridines is 1. The van der Waals surface area contributed by atoms with Crippen LogP contribution in [-0.2, 0) is 19.1 Å². The fourth-order valence-corrected chi connectivity index (χ4v) is 4.28. The van der Waals surface area contributed by atoms with Crippen LogP contribution < -0.4 is 10.1 Å². The number of hydrogen-bond acceptors (Lipinski definition) is 6. The van der Waals surface area contributed by atoms with Gasteiger partial charge in [-0.3, -0.25) is 4.79 Å². The van der Waals surface area contributed by atoms with Crippen LogP contribution in [0.3, 0.4) is 0 Å². The fraction of sp³-hybridized carbons (Fsp3) is 0.500. The molecule has 1 aromatic rings. The zero-order valence-corrected chi connectivity index (χ0v) is 18.5. The maximum absolute atomic E-state index is 13.2. The number of benzene rings is 1. The zero-order valence-electron chi connectivity index (χ0n) is 18.5. The first-order valence-electron chi connectivity index (χ1n) is 10.4. The highest BCUT2D eigenvalue weighted by molar-refractivity contribution is 6.04. The number of Topliss-reactive ketones (excluding diaryl/α,β-unsaturated/α-hetero) is 1. The highest BCUT2D eigenvalue weighted by Crippen LogP contribution is 2.47. The molecule has 0 bridgehead atoms. The van der Waals surface area contributed by atoms with E-state index in [0.29, 0.717) is 42.2 Å². The Morgan fingerprint density at radius 1 is 1.23 bits per heavy atom. The summed E-state index contributed by atoms with van der Waals surface area (Å²) in [6, 6.07) is 7.54. The Morgan fingerprint density at radius 3 is 2.70 bits per heavy atom. The second kappa shape index (κ2) is 9.04. The number of carbonyl (C=O) groups excluding carboxylic acids is 2. The van der Waals surface area contributed by atoms with Crippen LogP contribution >= 0.6 is 0 Å². The van der Waals surface area contributed by atoms with Gasteiger partial charge in [-0.05, 0) is 43.4 Å². The van der Waals surface area contributed by atoms with Crippen molar-refractivity contribution in [2.75, 3.05) is 26.9 Å². The van der Waals surface area contributed by atoms with E-state index >= 15 is 0 Å². The Labute approximate surface area is 178 Å². The fourth-order valence-electron chi connectivity index (χ4n) is 4.28. The Bertz CT molecular complexity index is 897. The molecule has 162 valence electrons. The van der Waals surface area contributed by atoms with Gasteiger partial charge in [-0.15, -0.1) is 0 Å². The van der Waals surface area contributed by atoms with E-state index in [1.807, 2.05) is 38.1 Å². The molecule has 0 aromatic heterocycles. The van der Waals surface area contributed by atoms with Gasteiger partial charge in [-0.1, -0.05) is 26.0 Å². The van der Waals surface area contributed by atoms with Crippen molar-refractivity contribution in [2.45, 2.75) is 46.5 Å². The zero-order chi connectivity index (χ0) is 21.9. The molecule has 0 fully saturated rings. The first-order valence-corrected chi connectivity index (χ1v) is 10.4. The van der Waals surface area contributed by atoms with E-state index in [1.165, 1.54) is 0 Å². The summed E-state index contributed by atoms with van der Waals surface area (Å²) in [6.45, 7) is 9.01. The van der Waals surface area contributed by atoms with Gasteiger partial charge in [0.15, 0.2) is 5.78 Å². The first-order chi connectivity index (χ1) is 14.3. The van der Waals surface area contributed by atoms with Gasteiger partial charge in [-0.25, -0.2) is 4.79 Å². The number of carbonyl (C=O) groups is 2. The van der Waals surface area contributed by atoms with Crippen molar-refractivity contribution in [1.82, 2.24) is 5.32 Å². The second-order valence-electron chi connectivity index (χ2n) is 8.54. The van der Waals surface area contributed by atoms with Crippen LogP contribution in [-0.4, -0.2) is 38.7 Å². The normalized spacial score (nSPS) is 20.6. The monoisotopic (exact) mass is 413 g/mol. The molecule has 6 heteroatoms. The van der Waals surface area contributed by atoms with E-state index < -0.39 is 11.9 Å². The molecule has 6 nitrogen and oxygen atoms in total. The summed E-state index contributed by atoms with van der Waals surface area (Å²) in [7, 11) is 1.60. The number of nitrogens with one attached hydrogen (secondary N) is 1. The molecule has 0 amide bonds. The summed E-state index contributed by atoms with van der Waals surface area (Å²) in [4.78, 5) is 26.3. The van der Waals surface area contributed by atoms with Crippen LogP contribution in [0.25, 0.3) is 0 Å². The van der Waals surface area contributed by atoms with Crippen molar-refractivity contribution in [3.05, 3.63) is 52.4 Å². The molecule has 1 N–H and O–H groups in total. The molecular formula is C24H31NO5. The molecule has 3 rings (SSSR count). The van der Waals surface area contributed by atoms with Gasteiger partial charge in [0.05, 0.1) is 19.3 Å². The van der Waals surface area contributed by atoms with Gasteiger partial charge >= 0.3 is 5.97 Å². The Morgan fingerprint density at radius 2 is 2.00 bits per heavy atom. The molecule has 0 spiro atoms. The molecule has 30 heavy (non-hydrogen) atoms. The van der Waals surface area contributed by atoms with Crippen LogP contribution in [0.5, 0.6) is 5.75 Å². The van der Waals surface area contributed by atoms with Gasteiger partial charge in [0.1, 0.15) is 12.4 Å². The average Bonchev–Trinajstić information content (AvgIpc) is 2.69. The van der Waals surface area contributed by atoms with Crippen LogP contribution in [0.15, 0.2) is 46.8 Å². The van der Waals surface area contributed by atoms with E-state index in [2.05, 4.69) is 19.2 Å². The molecule has 0 radical (unpaired) electrons. The third kappa shape index (κ3) is 4.59. The van der Waals surface area contributed by atoms with Crippen molar-refractivity contribution in [1.29, 1.82) is 0 Å². The van der Waals surface area contributed by atoms with Crippen molar-refractivity contribution < 1.29 is 23.8 Å². The lowest BCUT2D eigenvalue weighted by atomic mass is 9.68. The van der Waals surface area contributed by atoms with E-state index in [4.69, 9.17) is 14.2 Å². The number of ether oxygens (including phenoxy) is 3. The van der Waals surface area contributed by atoms with Crippen LogP contribution in [0.4, 0.5) is 0 Å². The summed E-state index contributed by atoms with van der Waals surface area (Å²) in [6.07, 6.45) is 1.19. The Kier molecular flexibility index (Phi) is 6.66. The first kappa shape index (κ1) is 22.1. The summed E-state index contributed by atoms with van der Waals surface area (Å²) >= 11 is 0. The number of esters is 1. The van der Waals surface area contributed by atoms with Crippen molar-refractivity contribution in [3.63, 3.8) is 0 Å². The topological polar surface area (TPSA) is 73.9 Å². The molecule has 1 aromatic carbocycles. The van der Waals surface area contributed by atoms with Gasteiger partial charge in [0, 0.05) is 35.9 Å². The highest BCUT2D eigenvalue weighted by Gasteiger charge is 2.43. The molecule has 1 aliphatic carbocycles. The average molecular weight is 414 g/mol. The highest BCUT2D eigenvalue weighted by atomic mass is 16.6. The smallest absolute Gasteiger partial charge is 0.336 e. The van der Waals surface area contributed by atoms with Crippen molar-refractivity contribution >= 4 is 11.8 Å². The van der Waals surface area contributed by atoms with Crippen LogP contribution in [0, 0.1) is 5.41 Å². The summed E-state index contributed by atoms with van der Waals surface area (Å²) in [5.41, 5.74) is 3.45. The second-order valence-corrected chi connectivity index (χ2v) is 8.54. The van der Waals surface area contributed by atoms with E-state index in [1.54, 1.807) is 7.11 Å². The minimum atomic E-state index is -0.487. The molecule has 0 saturated heterocycles. The molecule has 1 unspecified atom stereocenters. The lowest BCUT2D eigenvalue weighted by Gasteiger charge is -2.39. The SMILES string of the molecule is CCOCCOC(=O)C1=C(C)NC2=C(C(=O)CC(C)(C)C2)C1c1cccc(OC)c1. The van der Waals surface area contributed by atoms with Crippen molar-refractivity contribution in [3.8, 4) is 5.75 Å². The minimum Gasteiger partial charge on any atom is -0.497 e. The predicted octanol–water partition coefficient (Wildman–Crippen LogP) is 3.88. The van der Waals surface area contributed by atoms with Gasteiger partial charge in [-0.2, -0.15) is 0 Å². The van der Waals surface area contributed by atoms with Gasteiger partial charge < -0.3 is 19.5 Å². The lowest BCUT2D eigenvalue weighted by Crippen LogP contribution is -2.38. The number of hydrogen-bond donors (Lipinski definition) is 1. The molecule has 2 aliphatic rings. The van der Waals surface area contributed by atoms with E-state index in [-0.39, 0.29) is 17.8 Å². The molecule has 1 atom stereocenters. The van der Waals surface area contributed by atoms with Crippen molar-refractivity contribution in [2.24, 2.45) is 5.41 Å². The standard InChI is InChI=1S/C24H31NO5/c1-6-29-10-11-30-23(27)20-15(2)25-18-13-24(3,4)14-19(26)22(18)21(20)16-8-7-9-17(12-16)28-5/h7-9,12,21,25H,6,10-11,13-14H2,1-5H3. The van der Waals surface area contributed by atoms with E-state index in [9.17, 15) is 9.59 Å². The summed E-state index contributed by atoms with van der Waals surface area (Å²) < 4.78 is 16.2. The van der Waals surface area contributed by atoms with Crippen LogP contribution in [0.1, 0.15) is 52.0 Å². The molecule has 1 heterocycles. The van der Waals surface area contributed by atoms with Gasteiger partial charge in [0.25, 0.3) is 0 Å². The number of allylic oxidation sites excluding steroid dienone is 3. The third-order valence-electron chi connectivity index (χ3n) is 5.55. The maximum atomic E-state index is 13.2. The quantitative estimate of drug-likeness (QED) is 0.540. The Balaban J connectivity index is 2.04. The number of rotatable bonds is 7. The van der Waals surface area contributed by atoms with Gasteiger partial charge in [0.2, 0.25) is 0 Å². The van der Waals surface area contributed by atoms with Crippen LogP contribution in [0.2, 0.25) is 0 Å². The van der Waals surface area contributed by atoms with E-state index in [0.717, 1.165) is 17.7 Å². The number of ketones is 1. The third-order valence-corrected chi connectivity index (χ3v) is 5.55. The largest absolute Gasteiger partial charge is 0.497 e. The predicted molar refractivity (Wildman–Crippen MR) is 114 cm³/mol. The summed E-state index contributed by atoms with van der Waals surface area (Å²) in [5, 5.41) is 3.34. The Hall–Kier alpha value is -2.60. The minimum absolute atomic E-state index is 0.0636.